The Morgan fingerprint density at radius 2 is 1.62 bits per heavy atom. The number of pyridine rings is 1. The van der Waals surface area contributed by atoms with Crippen molar-refractivity contribution in [1.29, 1.82) is 0 Å². The van der Waals surface area contributed by atoms with Crippen molar-refractivity contribution in [2.75, 3.05) is 0 Å². The summed E-state index contributed by atoms with van der Waals surface area (Å²) in [6.45, 7) is 2.19. The molecule has 0 N–H and O–H groups in total. The van der Waals surface area contributed by atoms with Gasteiger partial charge in [0.05, 0.1) is 11.2 Å². The molecule has 32 heavy (non-hydrogen) atoms. The van der Waals surface area contributed by atoms with E-state index >= 15 is 0 Å². The first-order valence-corrected chi connectivity index (χ1v) is 10.4. The topological polar surface area (TPSA) is 61.0 Å². The molecule has 0 amide bonds. The van der Waals surface area contributed by atoms with Crippen LogP contribution in [0.25, 0.3) is 22.6 Å². The average molecular weight is 419 g/mol. The van der Waals surface area contributed by atoms with Gasteiger partial charge in [-0.2, -0.15) is 0 Å². The molecule has 5 aromatic rings. The van der Waals surface area contributed by atoms with E-state index < -0.39 is 0 Å². The summed E-state index contributed by atoms with van der Waals surface area (Å²) in [5.41, 5.74) is 4.74. The molecule has 2 heterocycles. The Balaban J connectivity index is 1.37. The van der Waals surface area contributed by atoms with Gasteiger partial charge in [-0.15, -0.1) is 10.2 Å². The fourth-order valence-electron chi connectivity index (χ4n) is 3.47. The minimum Gasteiger partial charge on any atom is -0.487 e. The van der Waals surface area contributed by atoms with Crippen LogP contribution in [-0.2, 0) is 6.61 Å². The number of rotatable bonds is 6. The van der Waals surface area contributed by atoms with Crippen LogP contribution in [-0.4, -0.2) is 15.2 Å². The smallest absolute Gasteiger partial charge is 0.248 e. The Morgan fingerprint density at radius 3 is 2.41 bits per heavy atom. The SMILES string of the molecule is Cc1nnc(C(=Cc2ccccc2)c2ccc(OCc3ccc4ccccc4n3)cc2)o1. The molecule has 0 atom stereocenters. The van der Waals surface area contributed by atoms with Gasteiger partial charge in [0, 0.05) is 17.9 Å². The van der Waals surface area contributed by atoms with Crippen LogP contribution in [0.15, 0.2) is 95.4 Å². The van der Waals surface area contributed by atoms with E-state index in [1.165, 1.54) is 0 Å². The predicted molar refractivity (Wildman–Crippen MR) is 125 cm³/mol. The van der Waals surface area contributed by atoms with Crippen molar-refractivity contribution in [3.63, 3.8) is 0 Å². The number of fused-ring (bicyclic) bond motifs is 1. The number of aromatic nitrogens is 3. The molecular formula is C27H21N3O2. The first kappa shape index (κ1) is 19.7. The summed E-state index contributed by atoms with van der Waals surface area (Å²) in [5.74, 6) is 1.78. The highest BCUT2D eigenvalue weighted by molar-refractivity contribution is 5.88. The minimum atomic E-state index is 0.403. The Labute approximate surface area is 186 Å². The van der Waals surface area contributed by atoms with Crippen molar-refractivity contribution < 1.29 is 9.15 Å². The Kier molecular flexibility index (Phi) is 5.45. The first-order chi connectivity index (χ1) is 15.7. The van der Waals surface area contributed by atoms with Crippen LogP contribution in [0.4, 0.5) is 0 Å². The third-order valence-corrected chi connectivity index (χ3v) is 5.08. The highest BCUT2D eigenvalue weighted by Gasteiger charge is 2.13. The van der Waals surface area contributed by atoms with Crippen LogP contribution in [0.1, 0.15) is 28.6 Å². The summed E-state index contributed by atoms with van der Waals surface area (Å²) in [6, 6.07) is 30.1. The molecule has 0 aliphatic heterocycles. The number of para-hydroxylation sites is 1. The molecule has 0 aliphatic carbocycles. The zero-order valence-corrected chi connectivity index (χ0v) is 17.6. The molecule has 0 radical (unpaired) electrons. The second kappa shape index (κ2) is 8.86. The summed E-state index contributed by atoms with van der Waals surface area (Å²) < 4.78 is 11.7. The van der Waals surface area contributed by atoms with E-state index in [0.717, 1.165) is 39.0 Å². The second-order valence-corrected chi connectivity index (χ2v) is 7.40. The number of hydrogen-bond acceptors (Lipinski definition) is 5. The molecule has 5 nitrogen and oxygen atoms in total. The van der Waals surface area contributed by atoms with Gasteiger partial charge in [-0.25, -0.2) is 4.98 Å². The Morgan fingerprint density at radius 1 is 0.844 bits per heavy atom. The summed E-state index contributed by atoms with van der Waals surface area (Å²) >= 11 is 0. The zero-order valence-electron chi connectivity index (χ0n) is 17.6. The number of ether oxygens (including phenoxy) is 1. The number of nitrogens with zero attached hydrogens (tertiary/aromatic N) is 3. The number of aryl methyl sites for hydroxylation is 1. The van der Waals surface area contributed by atoms with E-state index in [-0.39, 0.29) is 0 Å². The van der Waals surface area contributed by atoms with E-state index in [4.69, 9.17) is 9.15 Å². The summed E-state index contributed by atoms with van der Waals surface area (Å²) in [7, 11) is 0. The zero-order chi connectivity index (χ0) is 21.8. The van der Waals surface area contributed by atoms with Crippen LogP contribution in [0.5, 0.6) is 5.75 Å². The third-order valence-electron chi connectivity index (χ3n) is 5.08. The third kappa shape index (κ3) is 4.42. The van der Waals surface area contributed by atoms with Crippen molar-refractivity contribution in [2.24, 2.45) is 0 Å². The van der Waals surface area contributed by atoms with Gasteiger partial charge in [-0.1, -0.05) is 66.7 Å². The van der Waals surface area contributed by atoms with E-state index in [9.17, 15) is 0 Å². The summed E-state index contributed by atoms with van der Waals surface area (Å²) in [5, 5.41) is 9.33. The highest BCUT2D eigenvalue weighted by Crippen LogP contribution is 2.27. The molecule has 0 aliphatic rings. The van der Waals surface area contributed by atoms with Gasteiger partial charge in [0.1, 0.15) is 12.4 Å². The van der Waals surface area contributed by atoms with Crippen LogP contribution in [0.3, 0.4) is 0 Å². The molecule has 0 bridgehead atoms. The van der Waals surface area contributed by atoms with Crippen LogP contribution >= 0.6 is 0 Å². The molecule has 5 rings (SSSR count). The molecular weight excluding hydrogens is 398 g/mol. The fourth-order valence-corrected chi connectivity index (χ4v) is 3.47. The second-order valence-electron chi connectivity index (χ2n) is 7.40. The lowest BCUT2D eigenvalue weighted by molar-refractivity contribution is 0.302. The van der Waals surface area contributed by atoms with Crippen molar-refractivity contribution in [1.82, 2.24) is 15.2 Å². The van der Waals surface area contributed by atoms with Crippen molar-refractivity contribution in [2.45, 2.75) is 13.5 Å². The predicted octanol–water partition coefficient (Wildman–Crippen LogP) is 6.09. The van der Waals surface area contributed by atoms with Gasteiger partial charge in [-0.05, 0) is 41.5 Å². The number of benzene rings is 3. The average Bonchev–Trinajstić information content (AvgIpc) is 3.28. The normalized spacial score (nSPS) is 11.6. The van der Waals surface area contributed by atoms with Gasteiger partial charge in [0.15, 0.2) is 0 Å². The van der Waals surface area contributed by atoms with Crippen LogP contribution < -0.4 is 4.74 Å². The maximum atomic E-state index is 5.97. The molecule has 156 valence electrons. The molecule has 5 heteroatoms. The van der Waals surface area contributed by atoms with E-state index in [1.54, 1.807) is 6.92 Å². The Bertz CT molecular complexity index is 1370. The lowest BCUT2D eigenvalue weighted by Crippen LogP contribution is -1.98. The van der Waals surface area contributed by atoms with Gasteiger partial charge >= 0.3 is 0 Å². The maximum absolute atomic E-state index is 5.97. The summed E-state index contributed by atoms with van der Waals surface area (Å²) in [6.07, 6.45) is 2.04. The molecule has 0 spiro atoms. The molecule has 0 saturated carbocycles. The Hall–Kier alpha value is -4.25. The van der Waals surface area contributed by atoms with E-state index in [1.807, 2.05) is 84.9 Å². The largest absolute Gasteiger partial charge is 0.487 e. The fraction of sp³-hybridized carbons (Fsp3) is 0.0741. The minimum absolute atomic E-state index is 0.403. The van der Waals surface area contributed by atoms with E-state index in [0.29, 0.717) is 18.4 Å². The van der Waals surface area contributed by atoms with Gasteiger partial charge in [0.25, 0.3) is 0 Å². The van der Waals surface area contributed by atoms with Crippen LogP contribution in [0.2, 0.25) is 0 Å². The molecule has 0 fully saturated rings. The lowest BCUT2D eigenvalue weighted by atomic mass is 10.0. The number of hydrogen-bond donors (Lipinski definition) is 0. The van der Waals surface area contributed by atoms with Crippen molar-refractivity contribution >= 4 is 22.6 Å². The van der Waals surface area contributed by atoms with E-state index in [2.05, 4.69) is 27.3 Å². The van der Waals surface area contributed by atoms with Crippen molar-refractivity contribution in [3.8, 4) is 5.75 Å². The molecule has 3 aromatic carbocycles. The molecule has 0 unspecified atom stereocenters. The van der Waals surface area contributed by atoms with Gasteiger partial charge in [-0.3, -0.25) is 0 Å². The van der Waals surface area contributed by atoms with Crippen molar-refractivity contribution in [3.05, 3.63) is 120 Å². The van der Waals surface area contributed by atoms with Gasteiger partial charge in [0.2, 0.25) is 11.8 Å². The standard InChI is InChI=1S/C27H21N3O2/c1-19-29-30-27(32-19)25(17-20-7-3-2-4-8-20)21-12-15-24(16-13-21)31-18-23-14-11-22-9-5-6-10-26(22)28-23/h2-17H,18H2,1H3. The van der Waals surface area contributed by atoms with Crippen LogP contribution in [0, 0.1) is 6.92 Å². The maximum Gasteiger partial charge on any atom is 0.248 e. The first-order valence-electron chi connectivity index (χ1n) is 10.4. The van der Waals surface area contributed by atoms with Gasteiger partial charge < -0.3 is 9.15 Å². The monoisotopic (exact) mass is 419 g/mol. The quantitative estimate of drug-likeness (QED) is 0.312. The highest BCUT2D eigenvalue weighted by atomic mass is 16.5. The lowest BCUT2D eigenvalue weighted by Gasteiger charge is -2.09. The molecule has 0 saturated heterocycles. The summed E-state index contributed by atoms with van der Waals surface area (Å²) in [4.78, 5) is 4.66. The molecule has 2 aromatic heterocycles.